The van der Waals surface area contributed by atoms with E-state index in [-0.39, 0.29) is 11.6 Å². The first-order chi connectivity index (χ1) is 14.0. The fourth-order valence-electron chi connectivity index (χ4n) is 3.83. The van der Waals surface area contributed by atoms with Crippen LogP contribution in [0.25, 0.3) is 11.0 Å². The van der Waals surface area contributed by atoms with E-state index < -0.39 is 29.8 Å². The molecule has 3 heterocycles. The highest BCUT2D eigenvalue weighted by Crippen LogP contribution is 2.56. The number of anilines is 2. The third kappa shape index (κ3) is 2.74. The molecule has 1 aliphatic heterocycles. The van der Waals surface area contributed by atoms with E-state index in [0.717, 1.165) is 6.07 Å². The van der Waals surface area contributed by atoms with Gasteiger partial charge >= 0.3 is 0 Å². The second-order valence-corrected chi connectivity index (χ2v) is 6.99. The Bertz CT molecular complexity index is 1130. The number of aromatic nitrogens is 3. The van der Waals surface area contributed by atoms with E-state index >= 15 is 0 Å². The molecular formula is C19H15F3N6O. The van der Waals surface area contributed by atoms with Gasteiger partial charge in [0.05, 0.1) is 5.52 Å². The molecular weight excluding hydrogens is 385 g/mol. The van der Waals surface area contributed by atoms with Crippen LogP contribution >= 0.6 is 0 Å². The van der Waals surface area contributed by atoms with Crippen molar-refractivity contribution in [2.45, 2.75) is 24.5 Å². The Morgan fingerprint density at radius 2 is 2.07 bits per heavy atom. The summed E-state index contributed by atoms with van der Waals surface area (Å²) in [5.41, 5.74) is 4.77. The summed E-state index contributed by atoms with van der Waals surface area (Å²) >= 11 is 0. The average Bonchev–Trinajstić information content (AvgIpc) is 3.48. The molecule has 0 spiro atoms. The van der Waals surface area contributed by atoms with Crippen molar-refractivity contribution in [3.8, 4) is 0 Å². The first kappa shape index (κ1) is 17.7. The van der Waals surface area contributed by atoms with Crippen LogP contribution in [0, 0.1) is 11.7 Å². The standard InChI is InChI=1S/C19H15F3N6O/c20-12-4-3-9(27-16-15-13(25-8-26-16)2-1-5-24-15)6-10(12)19(17(21)22)11-7-14(11)29-18(23)28-19/h1-6,8,11,14,17H,7H2,(H2,23,28)(H,25,26,27)/t11-,14+,19+/m0/s1. The molecule has 2 aromatic heterocycles. The third-order valence-corrected chi connectivity index (χ3v) is 5.25. The molecule has 7 nitrogen and oxygen atoms in total. The van der Waals surface area contributed by atoms with Gasteiger partial charge in [-0.1, -0.05) is 0 Å². The van der Waals surface area contributed by atoms with Crippen LogP contribution in [0.15, 0.2) is 47.8 Å². The largest absolute Gasteiger partial charge is 0.462 e. The van der Waals surface area contributed by atoms with Gasteiger partial charge in [-0.15, -0.1) is 0 Å². The molecule has 3 aromatic rings. The summed E-state index contributed by atoms with van der Waals surface area (Å²) in [6, 6.07) is 7.02. The number of ether oxygens (including phenoxy) is 1. The SMILES string of the molecule is NC1=N[C@@](c2cc(Nc3ncnc4cccnc34)ccc2F)(C(F)F)[C@H]2C[C@H]2O1. The molecule has 0 saturated heterocycles. The molecule has 0 bridgehead atoms. The van der Waals surface area contributed by atoms with Crippen molar-refractivity contribution in [1.82, 2.24) is 15.0 Å². The molecule has 10 heteroatoms. The number of halogens is 3. The number of nitrogens with two attached hydrogens (primary N) is 1. The van der Waals surface area contributed by atoms with E-state index in [9.17, 15) is 13.2 Å². The molecule has 0 radical (unpaired) electrons. The van der Waals surface area contributed by atoms with E-state index in [1.807, 2.05) is 0 Å². The quantitative estimate of drug-likeness (QED) is 0.698. The number of rotatable bonds is 4. The molecule has 1 saturated carbocycles. The highest BCUT2D eigenvalue weighted by atomic mass is 19.3. The van der Waals surface area contributed by atoms with Gasteiger partial charge in [-0.25, -0.2) is 28.1 Å². The monoisotopic (exact) mass is 400 g/mol. The molecule has 0 amide bonds. The van der Waals surface area contributed by atoms with Crippen LogP contribution in [0.1, 0.15) is 12.0 Å². The molecule has 5 rings (SSSR count). The number of benzene rings is 1. The number of aliphatic imine (C=N–C) groups is 1. The Morgan fingerprint density at radius 3 is 2.90 bits per heavy atom. The summed E-state index contributed by atoms with van der Waals surface area (Å²) in [6.07, 6.45) is -0.147. The van der Waals surface area contributed by atoms with E-state index in [4.69, 9.17) is 10.5 Å². The molecule has 3 atom stereocenters. The van der Waals surface area contributed by atoms with E-state index in [1.54, 1.807) is 18.3 Å². The first-order valence-corrected chi connectivity index (χ1v) is 8.92. The van der Waals surface area contributed by atoms with Crippen molar-refractivity contribution >= 4 is 28.6 Å². The number of nitrogens with zero attached hydrogens (tertiary/aromatic N) is 4. The van der Waals surface area contributed by atoms with Crippen LogP contribution in [0.2, 0.25) is 0 Å². The number of pyridine rings is 1. The third-order valence-electron chi connectivity index (χ3n) is 5.25. The summed E-state index contributed by atoms with van der Waals surface area (Å²) in [4.78, 5) is 16.4. The number of alkyl halides is 2. The highest BCUT2D eigenvalue weighted by molar-refractivity contribution is 5.86. The van der Waals surface area contributed by atoms with Gasteiger partial charge in [-0.05, 0) is 36.8 Å². The lowest BCUT2D eigenvalue weighted by atomic mass is 9.84. The summed E-state index contributed by atoms with van der Waals surface area (Å²) in [5, 5.41) is 3.01. The smallest absolute Gasteiger partial charge is 0.283 e. The van der Waals surface area contributed by atoms with Crippen LogP contribution in [-0.2, 0) is 10.3 Å². The molecule has 0 unspecified atom stereocenters. The highest BCUT2D eigenvalue weighted by Gasteiger charge is 2.64. The average molecular weight is 400 g/mol. The fourth-order valence-corrected chi connectivity index (χ4v) is 3.83. The number of hydrogen-bond acceptors (Lipinski definition) is 7. The van der Waals surface area contributed by atoms with Crippen LogP contribution in [0.5, 0.6) is 0 Å². The number of fused-ring (bicyclic) bond motifs is 2. The maximum absolute atomic E-state index is 14.7. The molecule has 1 fully saturated rings. The minimum absolute atomic E-state index is 0.234. The van der Waals surface area contributed by atoms with Gasteiger partial charge in [0.15, 0.2) is 11.4 Å². The molecule has 1 aromatic carbocycles. The number of amidine groups is 1. The Balaban J connectivity index is 1.60. The van der Waals surface area contributed by atoms with E-state index in [0.29, 0.717) is 29.0 Å². The Kier molecular flexibility index (Phi) is 3.83. The Labute approximate surface area is 162 Å². The van der Waals surface area contributed by atoms with Crippen molar-refractivity contribution in [3.63, 3.8) is 0 Å². The fraction of sp³-hybridized carbons (Fsp3) is 0.263. The van der Waals surface area contributed by atoms with Crippen LogP contribution < -0.4 is 11.1 Å². The molecule has 29 heavy (non-hydrogen) atoms. The topological polar surface area (TPSA) is 98.3 Å². The van der Waals surface area contributed by atoms with Gasteiger partial charge in [-0.3, -0.25) is 4.98 Å². The Hall–Kier alpha value is -3.43. The van der Waals surface area contributed by atoms with Crippen LogP contribution in [0.3, 0.4) is 0 Å². The van der Waals surface area contributed by atoms with Gasteiger partial charge in [0.2, 0.25) is 0 Å². The van der Waals surface area contributed by atoms with Crippen molar-refractivity contribution < 1.29 is 17.9 Å². The summed E-state index contributed by atoms with van der Waals surface area (Å²) in [6.45, 7) is 0. The van der Waals surface area contributed by atoms with Gasteiger partial charge in [0.1, 0.15) is 23.8 Å². The molecule has 3 N–H and O–H groups in total. The second kappa shape index (κ2) is 6.29. The van der Waals surface area contributed by atoms with Crippen LogP contribution in [0.4, 0.5) is 24.7 Å². The summed E-state index contributed by atoms with van der Waals surface area (Å²) in [5.74, 6) is -1.05. The second-order valence-electron chi connectivity index (χ2n) is 6.99. The lowest BCUT2D eigenvalue weighted by Crippen LogP contribution is -2.43. The van der Waals surface area contributed by atoms with Gasteiger partial charge < -0.3 is 15.8 Å². The van der Waals surface area contributed by atoms with Crippen molar-refractivity contribution in [1.29, 1.82) is 0 Å². The Morgan fingerprint density at radius 1 is 1.21 bits per heavy atom. The molecule has 148 valence electrons. The first-order valence-electron chi connectivity index (χ1n) is 8.92. The van der Waals surface area contributed by atoms with Gasteiger partial charge in [-0.2, -0.15) is 0 Å². The van der Waals surface area contributed by atoms with E-state index in [1.165, 1.54) is 18.5 Å². The van der Waals surface area contributed by atoms with Crippen molar-refractivity contribution in [3.05, 3.63) is 54.2 Å². The molecule has 1 aliphatic carbocycles. The lowest BCUT2D eigenvalue weighted by Gasteiger charge is -2.33. The van der Waals surface area contributed by atoms with Gasteiger partial charge in [0, 0.05) is 23.4 Å². The zero-order valence-electron chi connectivity index (χ0n) is 14.9. The summed E-state index contributed by atoms with van der Waals surface area (Å²) in [7, 11) is 0. The number of hydrogen-bond donors (Lipinski definition) is 2. The zero-order chi connectivity index (χ0) is 20.2. The van der Waals surface area contributed by atoms with E-state index in [2.05, 4.69) is 25.3 Å². The summed E-state index contributed by atoms with van der Waals surface area (Å²) < 4.78 is 48.4. The van der Waals surface area contributed by atoms with Crippen molar-refractivity contribution in [2.75, 3.05) is 5.32 Å². The van der Waals surface area contributed by atoms with Crippen molar-refractivity contribution in [2.24, 2.45) is 16.6 Å². The van der Waals surface area contributed by atoms with Gasteiger partial charge in [0.25, 0.3) is 12.4 Å². The predicted octanol–water partition coefficient (Wildman–Crippen LogP) is 3.10. The molecule has 2 aliphatic rings. The zero-order valence-corrected chi connectivity index (χ0v) is 14.9. The normalized spacial score (nSPS) is 25.3. The van der Waals surface area contributed by atoms with Crippen LogP contribution in [-0.4, -0.2) is 33.5 Å². The maximum Gasteiger partial charge on any atom is 0.283 e. The lowest BCUT2D eigenvalue weighted by molar-refractivity contribution is 0.0177. The maximum atomic E-state index is 14.7. The minimum Gasteiger partial charge on any atom is -0.462 e. The predicted molar refractivity (Wildman–Crippen MR) is 99.3 cm³/mol. The number of nitrogens with one attached hydrogen (secondary N) is 1. The minimum atomic E-state index is -2.95.